The molecule has 1 aromatic carbocycles. The van der Waals surface area contributed by atoms with Gasteiger partial charge in [-0.25, -0.2) is 9.07 Å². The first-order chi connectivity index (χ1) is 9.72. The van der Waals surface area contributed by atoms with E-state index in [9.17, 15) is 9.18 Å². The fraction of sp³-hybridized carbons (Fsp3) is 0.286. The molecule has 3 rings (SSSR count). The van der Waals surface area contributed by atoms with Crippen LogP contribution in [-0.2, 0) is 0 Å². The molecule has 0 atom stereocenters. The van der Waals surface area contributed by atoms with Gasteiger partial charge >= 0.3 is 0 Å². The Morgan fingerprint density at radius 2 is 2.05 bits per heavy atom. The average Bonchev–Trinajstić information content (AvgIpc) is 2.87. The van der Waals surface area contributed by atoms with E-state index in [1.54, 1.807) is 29.1 Å². The van der Waals surface area contributed by atoms with E-state index in [4.69, 9.17) is 0 Å². The van der Waals surface area contributed by atoms with E-state index in [-0.39, 0.29) is 24.1 Å². The number of nitrogens with one attached hydrogen (secondary N) is 2. The Bertz CT molecular complexity index is 610. The molecule has 0 saturated carbocycles. The number of nitrogens with zero attached hydrogens (tertiary/aromatic N) is 2. The highest BCUT2D eigenvalue weighted by molar-refractivity contribution is 5.92. The van der Waals surface area contributed by atoms with Crippen LogP contribution in [0.25, 0.3) is 5.69 Å². The number of hydrogen-bond donors (Lipinski definition) is 2. The van der Waals surface area contributed by atoms with E-state index >= 15 is 0 Å². The molecule has 0 spiro atoms. The van der Waals surface area contributed by atoms with Crippen molar-refractivity contribution in [1.82, 2.24) is 20.4 Å². The molecule has 21 heavy (non-hydrogen) atoms. The van der Waals surface area contributed by atoms with Crippen molar-refractivity contribution in [2.24, 2.45) is 5.92 Å². The Morgan fingerprint density at radius 3 is 2.67 bits per heavy atom. The van der Waals surface area contributed by atoms with Gasteiger partial charge in [-0.05, 0) is 30.3 Å². The fourth-order valence-electron chi connectivity index (χ4n) is 2.00. The molecule has 2 heterocycles. The molecule has 112 valence electrons. The van der Waals surface area contributed by atoms with Crippen LogP contribution in [0.15, 0.2) is 36.5 Å². The summed E-state index contributed by atoms with van der Waals surface area (Å²) in [5.74, 6) is 0.0314. The number of hydrogen-bond acceptors (Lipinski definition) is 3. The first kappa shape index (κ1) is 15.5. The maximum Gasteiger partial charge on any atom is 0.271 e. The predicted molar refractivity (Wildman–Crippen MR) is 79.5 cm³/mol. The standard InChI is InChI=1S/C14H15FN4O.ClH/c15-11-1-3-12(4-2-11)19-6-5-13(18-19)14(20)17-9-10-7-16-8-10;/h1-6,10,16H,7-9H2,(H,17,20);1H. The van der Waals surface area contributed by atoms with E-state index in [0.717, 1.165) is 13.1 Å². The number of halogens is 2. The van der Waals surface area contributed by atoms with E-state index in [0.29, 0.717) is 23.8 Å². The second-order valence-electron chi connectivity index (χ2n) is 4.86. The maximum absolute atomic E-state index is 12.9. The van der Waals surface area contributed by atoms with Crippen molar-refractivity contribution in [2.45, 2.75) is 0 Å². The first-order valence-corrected chi connectivity index (χ1v) is 6.53. The highest BCUT2D eigenvalue weighted by Gasteiger charge is 2.18. The predicted octanol–water partition coefficient (Wildman–Crippen LogP) is 1.38. The van der Waals surface area contributed by atoms with Gasteiger partial charge in [0.15, 0.2) is 5.69 Å². The lowest BCUT2D eigenvalue weighted by molar-refractivity contribution is 0.0937. The molecule has 1 aliphatic heterocycles. The topological polar surface area (TPSA) is 59.0 Å². The van der Waals surface area contributed by atoms with Crippen molar-refractivity contribution >= 4 is 18.3 Å². The third-order valence-electron chi connectivity index (χ3n) is 3.33. The van der Waals surface area contributed by atoms with Gasteiger partial charge in [0.2, 0.25) is 0 Å². The zero-order valence-electron chi connectivity index (χ0n) is 11.3. The van der Waals surface area contributed by atoms with E-state index in [2.05, 4.69) is 15.7 Å². The lowest BCUT2D eigenvalue weighted by atomic mass is 10.0. The Balaban J connectivity index is 0.00000161. The second-order valence-corrected chi connectivity index (χ2v) is 4.86. The van der Waals surface area contributed by atoms with Crippen LogP contribution < -0.4 is 10.6 Å². The minimum atomic E-state index is -0.298. The third-order valence-corrected chi connectivity index (χ3v) is 3.33. The lowest BCUT2D eigenvalue weighted by Crippen LogP contribution is -2.48. The van der Waals surface area contributed by atoms with Gasteiger partial charge in [-0.3, -0.25) is 4.79 Å². The third kappa shape index (κ3) is 3.59. The van der Waals surface area contributed by atoms with Crippen LogP contribution in [0.5, 0.6) is 0 Å². The van der Waals surface area contributed by atoms with Crippen LogP contribution in [0, 0.1) is 11.7 Å². The van der Waals surface area contributed by atoms with Crippen molar-refractivity contribution in [3.63, 3.8) is 0 Å². The number of carbonyl (C=O) groups is 1. The van der Waals surface area contributed by atoms with Crippen molar-refractivity contribution in [3.05, 3.63) is 48.0 Å². The molecule has 0 aliphatic carbocycles. The quantitative estimate of drug-likeness (QED) is 0.897. The number of aromatic nitrogens is 2. The van der Waals surface area contributed by atoms with Gasteiger partial charge in [0.1, 0.15) is 5.82 Å². The number of benzene rings is 1. The molecule has 1 amide bonds. The van der Waals surface area contributed by atoms with Crippen molar-refractivity contribution in [3.8, 4) is 5.69 Å². The van der Waals surface area contributed by atoms with Crippen molar-refractivity contribution in [2.75, 3.05) is 19.6 Å². The van der Waals surface area contributed by atoms with Crippen LogP contribution in [0.1, 0.15) is 10.5 Å². The first-order valence-electron chi connectivity index (χ1n) is 6.53. The van der Waals surface area contributed by atoms with Crippen LogP contribution in [0.3, 0.4) is 0 Å². The summed E-state index contributed by atoms with van der Waals surface area (Å²) in [5, 5.41) is 10.2. The number of amides is 1. The summed E-state index contributed by atoms with van der Waals surface area (Å²) in [5.41, 5.74) is 1.08. The van der Waals surface area contributed by atoms with Gasteiger partial charge in [-0.15, -0.1) is 12.4 Å². The monoisotopic (exact) mass is 310 g/mol. The highest BCUT2D eigenvalue weighted by atomic mass is 35.5. The van der Waals surface area contributed by atoms with E-state index in [1.165, 1.54) is 12.1 Å². The van der Waals surface area contributed by atoms with Gasteiger partial charge in [-0.1, -0.05) is 0 Å². The van der Waals surface area contributed by atoms with Crippen LogP contribution in [-0.4, -0.2) is 35.3 Å². The van der Waals surface area contributed by atoms with Gasteiger partial charge in [0.05, 0.1) is 5.69 Å². The Labute approximate surface area is 127 Å². The molecule has 0 bridgehead atoms. The zero-order chi connectivity index (χ0) is 13.9. The molecule has 7 heteroatoms. The van der Waals surface area contributed by atoms with Gasteiger partial charge in [0.25, 0.3) is 5.91 Å². The molecule has 1 fully saturated rings. The SMILES string of the molecule is Cl.O=C(NCC1CNC1)c1ccn(-c2ccc(F)cc2)n1. The molecular formula is C14H16ClFN4O. The highest BCUT2D eigenvalue weighted by Crippen LogP contribution is 2.09. The zero-order valence-corrected chi connectivity index (χ0v) is 12.1. The normalized spacial score (nSPS) is 14.1. The Hall–Kier alpha value is -1.92. The summed E-state index contributed by atoms with van der Waals surface area (Å²) in [7, 11) is 0. The molecule has 5 nitrogen and oxygen atoms in total. The molecular weight excluding hydrogens is 295 g/mol. The summed E-state index contributed by atoms with van der Waals surface area (Å²) < 4.78 is 14.4. The molecule has 1 aliphatic rings. The molecule has 0 radical (unpaired) electrons. The summed E-state index contributed by atoms with van der Waals surface area (Å²) in [4.78, 5) is 11.9. The van der Waals surface area contributed by atoms with Crippen molar-refractivity contribution in [1.29, 1.82) is 0 Å². The molecule has 1 saturated heterocycles. The lowest BCUT2D eigenvalue weighted by Gasteiger charge is -2.26. The molecule has 2 aromatic rings. The smallest absolute Gasteiger partial charge is 0.271 e. The average molecular weight is 311 g/mol. The van der Waals surface area contributed by atoms with E-state index in [1.807, 2.05) is 0 Å². The van der Waals surface area contributed by atoms with Crippen LogP contribution >= 0.6 is 12.4 Å². The van der Waals surface area contributed by atoms with Gasteiger partial charge in [-0.2, -0.15) is 5.10 Å². The largest absolute Gasteiger partial charge is 0.350 e. The molecule has 1 aromatic heterocycles. The fourth-order valence-corrected chi connectivity index (χ4v) is 2.00. The van der Waals surface area contributed by atoms with Crippen LogP contribution in [0.2, 0.25) is 0 Å². The van der Waals surface area contributed by atoms with Crippen LogP contribution in [0.4, 0.5) is 4.39 Å². The van der Waals surface area contributed by atoms with Gasteiger partial charge in [0, 0.05) is 31.7 Å². The number of rotatable bonds is 4. The minimum absolute atomic E-state index is 0. The Morgan fingerprint density at radius 1 is 1.33 bits per heavy atom. The van der Waals surface area contributed by atoms with Gasteiger partial charge < -0.3 is 10.6 Å². The molecule has 2 N–H and O–H groups in total. The molecule has 0 unspecified atom stereocenters. The van der Waals surface area contributed by atoms with E-state index < -0.39 is 0 Å². The summed E-state index contributed by atoms with van der Waals surface area (Å²) in [6.07, 6.45) is 1.69. The summed E-state index contributed by atoms with van der Waals surface area (Å²) >= 11 is 0. The number of carbonyl (C=O) groups excluding carboxylic acids is 1. The second kappa shape index (κ2) is 6.69. The summed E-state index contributed by atoms with van der Waals surface area (Å²) in [6, 6.07) is 7.60. The summed E-state index contributed by atoms with van der Waals surface area (Å²) in [6.45, 7) is 2.56. The maximum atomic E-state index is 12.9. The minimum Gasteiger partial charge on any atom is -0.350 e. The Kier molecular flexibility index (Phi) is 4.93. The van der Waals surface area contributed by atoms with Crippen molar-refractivity contribution < 1.29 is 9.18 Å².